The molecule has 0 aliphatic carbocycles. The van der Waals surface area contributed by atoms with Crippen LogP contribution in [0.5, 0.6) is 0 Å². The Labute approximate surface area is 68.3 Å². The Morgan fingerprint density at radius 3 is 3.17 bits per heavy atom. The maximum atomic E-state index is 5.51. The second kappa shape index (κ2) is 2.44. The number of aliphatic imine (C=N–C) groups is 1. The van der Waals surface area contributed by atoms with Crippen LogP contribution in [0.25, 0.3) is 6.08 Å². The first kappa shape index (κ1) is 7.02. The van der Waals surface area contributed by atoms with E-state index >= 15 is 0 Å². The second-order valence-corrected chi connectivity index (χ2v) is 2.52. The lowest BCUT2D eigenvalue weighted by atomic mass is 10.4. The number of hydrogen-bond acceptors (Lipinski definition) is 5. The summed E-state index contributed by atoms with van der Waals surface area (Å²) in [5, 5.41) is 4.20. The fraction of sp³-hybridized carbons (Fsp3) is 0.286. The molecule has 1 aliphatic rings. The smallest absolute Gasteiger partial charge is 0.193 e. The average molecular weight is 164 g/mol. The molecule has 0 unspecified atom stereocenters. The third kappa shape index (κ3) is 0.990. The molecule has 0 fully saturated rings. The predicted octanol–water partition coefficient (Wildman–Crippen LogP) is -0.911. The van der Waals surface area contributed by atoms with Gasteiger partial charge >= 0.3 is 0 Å². The largest absolute Gasteiger partial charge is 0.379 e. The molecule has 2 heterocycles. The molecule has 0 radical (unpaired) electrons. The maximum Gasteiger partial charge on any atom is 0.193 e. The van der Waals surface area contributed by atoms with Crippen molar-refractivity contribution in [3.63, 3.8) is 0 Å². The molecule has 1 aliphatic heterocycles. The van der Waals surface area contributed by atoms with E-state index in [0.717, 1.165) is 5.71 Å². The van der Waals surface area contributed by atoms with Crippen LogP contribution in [0.1, 0.15) is 6.92 Å². The van der Waals surface area contributed by atoms with Crippen molar-refractivity contribution in [2.45, 2.75) is 6.92 Å². The van der Waals surface area contributed by atoms with Crippen molar-refractivity contribution in [1.29, 1.82) is 0 Å². The molecular formula is C7H8N4O. The Hall–Kier alpha value is -1.65. The standard InChI is InChI=1S/C7H8N4O/c1-4-2-5-6(10-3-9-4)7(8)11-12-5/h2H,3H2,1H3,(H2,8,11). The topological polar surface area (TPSA) is 76.8 Å². The van der Waals surface area contributed by atoms with E-state index in [2.05, 4.69) is 15.1 Å². The van der Waals surface area contributed by atoms with Crippen molar-refractivity contribution >= 4 is 17.6 Å². The number of nitrogens with zero attached hydrogens (tertiary/aromatic N) is 3. The summed E-state index contributed by atoms with van der Waals surface area (Å²) in [5.41, 5.74) is 6.96. The second-order valence-electron chi connectivity index (χ2n) is 2.52. The molecule has 0 bridgehead atoms. The van der Waals surface area contributed by atoms with E-state index in [1.54, 1.807) is 6.08 Å². The molecule has 0 saturated carbocycles. The van der Waals surface area contributed by atoms with Gasteiger partial charge in [0.05, 0.1) is 0 Å². The minimum Gasteiger partial charge on any atom is -0.379 e. The fourth-order valence-electron chi connectivity index (χ4n) is 1.02. The van der Waals surface area contributed by atoms with Gasteiger partial charge in [-0.15, -0.1) is 0 Å². The number of anilines is 1. The molecule has 5 heteroatoms. The summed E-state index contributed by atoms with van der Waals surface area (Å²) in [7, 11) is 0. The number of nitrogens with two attached hydrogens (primary N) is 1. The van der Waals surface area contributed by atoms with E-state index < -0.39 is 0 Å². The van der Waals surface area contributed by atoms with Gasteiger partial charge in [0.2, 0.25) is 0 Å². The van der Waals surface area contributed by atoms with Gasteiger partial charge in [-0.2, -0.15) is 0 Å². The van der Waals surface area contributed by atoms with Crippen LogP contribution in [0.15, 0.2) is 14.5 Å². The summed E-state index contributed by atoms with van der Waals surface area (Å²) >= 11 is 0. The minimum absolute atomic E-state index is 0.325. The molecule has 0 atom stereocenters. The Morgan fingerprint density at radius 1 is 1.50 bits per heavy atom. The van der Waals surface area contributed by atoms with Gasteiger partial charge in [-0.1, -0.05) is 5.16 Å². The average Bonchev–Trinajstić information content (AvgIpc) is 2.31. The van der Waals surface area contributed by atoms with Gasteiger partial charge < -0.3 is 10.3 Å². The van der Waals surface area contributed by atoms with E-state index in [-0.39, 0.29) is 0 Å². The molecule has 5 nitrogen and oxygen atoms in total. The van der Waals surface area contributed by atoms with Crippen molar-refractivity contribution < 1.29 is 4.52 Å². The third-order valence-corrected chi connectivity index (χ3v) is 1.61. The summed E-state index contributed by atoms with van der Waals surface area (Å²) in [6.07, 6.45) is 1.77. The molecular weight excluding hydrogens is 156 g/mol. The van der Waals surface area contributed by atoms with E-state index in [9.17, 15) is 0 Å². The molecule has 12 heavy (non-hydrogen) atoms. The minimum atomic E-state index is 0.325. The van der Waals surface area contributed by atoms with Gasteiger partial charge in [0.25, 0.3) is 0 Å². The van der Waals surface area contributed by atoms with Gasteiger partial charge in [-0.05, 0) is 6.92 Å². The zero-order valence-electron chi connectivity index (χ0n) is 6.61. The van der Waals surface area contributed by atoms with Crippen LogP contribution in [-0.2, 0) is 0 Å². The SMILES string of the molecule is CC1=NCN=c2c(N)noc2=C1. The normalized spacial score (nSPS) is 15.2. The number of fused-ring (bicyclic) bond motifs is 1. The molecule has 0 spiro atoms. The monoisotopic (exact) mass is 164 g/mol. The van der Waals surface area contributed by atoms with Crippen LogP contribution in [0.4, 0.5) is 5.82 Å². The summed E-state index contributed by atoms with van der Waals surface area (Å²) in [4.78, 5) is 8.20. The highest BCUT2D eigenvalue weighted by atomic mass is 16.5. The molecule has 0 amide bonds. The highest BCUT2D eigenvalue weighted by Crippen LogP contribution is 1.87. The fourth-order valence-corrected chi connectivity index (χ4v) is 1.02. The van der Waals surface area contributed by atoms with Crippen LogP contribution in [-0.4, -0.2) is 17.5 Å². The third-order valence-electron chi connectivity index (χ3n) is 1.61. The molecule has 1 aromatic rings. The lowest BCUT2D eigenvalue weighted by Crippen LogP contribution is -2.23. The first-order chi connectivity index (χ1) is 5.77. The first-order valence-corrected chi connectivity index (χ1v) is 3.56. The Kier molecular flexibility index (Phi) is 1.43. The van der Waals surface area contributed by atoms with Gasteiger partial charge in [0, 0.05) is 11.8 Å². The maximum absolute atomic E-state index is 5.51. The zero-order valence-corrected chi connectivity index (χ0v) is 6.61. The number of aromatic nitrogens is 1. The number of hydrogen-bond donors (Lipinski definition) is 1. The van der Waals surface area contributed by atoms with Crippen LogP contribution in [0.2, 0.25) is 0 Å². The molecule has 62 valence electrons. The lowest BCUT2D eigenvalue weighted by Gasteiger charge is -1.83. The molecule has 2 rings (SSSR count). The Morgan fingerprint density at radius 2 is 2.33 bits per heavy atom. The van der Waals surface area contributed by atoms with Gasteiger partial charge in [0.1, 0.15) is 6.67 Å². The summed E-state index contributed by atoms with van der Waals surface area (Å²) < 4.78 is 4.93. The summed E-state index contributed by atoms with van der Waals surface area (Å²) in [6, 6.07) is 0. The van der Waals surface area contributed by atoms with Crippen LogP contribution < -0.4 is 16.5 Å². The Balaban J connectivity index is 2.78. The molecule has 1 aromatic heterocycles. The van der Waals surface area contributed by atoms with Gasteiger partial charge in [0.15, 0.2) is 16.6 Å². The zero-order chi connectivity index (χ0) is 8.55. The molecule has 2 N–H and O–H groups in total. The highest BCUT2D eigenvalue weighted by Gasteiger charge is 2.02. The van der Waals surface area contributed by atoms with Crippen LogP contribution in [0, 0.1) is 0 Å². The Bertz CT molecular complexity index is 442. The molecule has 0 aromatic carbocycles. The van der Waals surface area contributed by atoms with Crippen molar-refractivity contribution in [2.24, 2.45) is 9.98 Å². The first-order valence-electron chi connectivity index (χ1n) is 3.56. The van der Waals surface area contributed by atoms with Crippen molar-refractivity contribution in [2.75, 3.05) is 12.4 Å². The van der Waals surface area contributed by atoms with Gasteiger partial charge in [-0.25, -0.2) is 0 Å². The van der Waals surface area contributed by atoms with E-state index in [0.29, 0.717) is 23.3 Å². The van der Waals surface area contributed by atoms with Crippen LogP contribution >= 0.6 is 0 Å². The number of nitrogen functional groups attached to an aromatic ring is 1. The summed E-state index contributed by atoms with van der Waals surface area (Å²) in [5.74, 6) is 0.325. The molecule has 0 saturated heterocycles. The quantitative estimate of drug-likeness (QED) is 0.539. The van der Waals surface area contributed by atoms with E-state index in [1.807, 2.05) is 6.92 Å². The number of rotatable bonds is 0. The predicted molar refractivity (Wildman–Crippen MR) is 44.1 cm³/mol. The van der Waals surface area contributed by atoms with Crippen molar-refractivity contribution in [3.8, 4) is 0 Å². The summed E-state index contributed by atoms with van der Waals surface area (Å²) in [6.45, 7) is 2.27. The highest BCUT2D eigenvalue weighted by molar-refractivity contribution is 6.08. The van der Waals surface area contributed by atoms with E-state index in [1.165, 1.54) is 0 Å². The lowest BCUT2D eigenvalue weighted by molar-refractivity contribution is 0.396. The van der Waals surface area contributed by atoms with Gasteiger partial charge in [-0.3, -0.25) is 9.98 Å². The van der Waals surface area contributed by atoms with Crippen molar-refractivity contribution in [3.05, 3.63) is 10.8 Å². The van der Waals surface area contributed by atoms with E-state index in [4.69, 9.17) is 10.3 Å². The van der Waals surface area contributed by atoms with Crippen LogP contribution in [0.3, 0.4) is 0 Å². The van der Waals surface area contributed by atoms with Crippen molar-refractivity contribution in [1.82, 2.24) is 5.16 Å².